The maximum Gasteiger partial charge on any atom is 0.254 e. The maximum atomic E-state index is 11.3. The third-order valence-electron chi connectivity index (χ3n) is 1.60. The summed E-state index contributed by atoms with van der Waals surface area (Å²) >= 11 is 3.37. The van der Waals surface area contributed by atoms with E-state index in [9.17, 15) is 9.59 Å². The largest absolute Gasteiger partial charge is 0.274 e. The van der Waals surface area contributed by atoms with E-state index in [-0.39, 0.29) is 8.89 Å². The Labute approximate surface area is 105 Å². The van der Waals surface area contributed by atoms with Crippen LogP contribution in [0.1, 0.15) is 39.5 Å². The summed E-state index contributed by atoms with van der Waals surface area (Å²) in [5, 5.41) is 0. The van der Waals surface area contributed by atoms with Gasteiger partial charge in [-0.2, -0.15) is 0 Å². The van der Waals surface area contributed by atoms with Crippen molar-refractivity contribution in [3.05, 3.63) is 0 Å². The molecule has 0 aromatic carbocycles. The Kier molecular flexibility index (Phi) is 11.2. The average molecular weight is 266 g/mol. The van der Waals surface area contributed by atoms with Gasteiger partial charge in [-0.3, -0.25) is 9.59 Å². The molecule has 0 fully saturated rings. The van der Waals surface area contributed by atoms with Gasteiger partial charge in [0.05, 0.1) is 0 Å². The molecule has 0 aliphatic carbocycles. The zero-order valence-electron chi connectivity index (χ0n) is 9.28. The van der Waals surface area contributed by atoms with Gasteiger partial charge in [0.1, 0.15) is 0 Å². The van der Waals surface area contributed by atoms with Gasteiger partial charge in [0, 0.05) is 23.3 Å². The summed E-state index contributed by atoms with van der Waals surface area (Å²) in [4.78, 5) is 22.5. The summed E-state index contributed by atoms with van der Waals surface area (Å²) in [6.07, 6.45) is 4.25. The number of unbranched alkanes of at least 4 members (excludes halogenated alkanes) is 2. The monoisotopic (exact) mass is 266 g/mol. The van der Waals surface area contributed by atoms with E-state index in [2.05, 4.69) is 13.8 Å². The molecule has 0 aliphatic rings. The lowest BCUT2D eigenvalue weighted by Crippen LogP contribution is -1.91. The van der Waals surface area contributed by atoms with Gasteiger partial charge in [0.15, 0.2) is 0 Å². The van der Waals surface area contributed by atoms with E-state index in [4.69, 9.17) is 0 Å². The summed E-state index contributed by atoms with van der Waals surface area (Å²) in [5.41, 5.74) is 0. The van der Waals surface area contributed by atoms with Crippen LogP contribution in [0.4, 0.5) is 9.59 Å². The van der Waals surface area contributed by atoms with Gasteiger partial charge in [0.25, 0.3) is 8.89 Å². The molecule has 0 saturated carbocycles. The predicted molar refractivity (Wildman–Crippen MR) is 73.1 cm³/mol. The molecule has 88 valence electrons. The summed E-state index contributed by atoms with van der Waals surface area (Å²) in [6.45, 7) is 4.17. The van der Waals surface area contributed by atoms with Crippen LogP contribution in [0.5, 0.6) is 0 Å². The molecule has 0 saturated heterocycles. The highest BCUT2D eigenvalue weighted by Gasteiger charge is 2.10. The first-order valence-corrected chi connectivity index (χ1v) is 8.00. The fourth-order valence-corrected chi connectivity index (χ4v) is 3.65. The number of carbonyl (C=O) groups is 2. The van der Waals surface area contributed by atoms with Crippen molar-refractivity contribution in [2.24, 2.45) is 0 Å². The van der Waals surface area contributed by atoms with E-state index in [0.717, 1.165) is 49.0 Å². The molecule has 0 rings (SSSR count). The van der Waals surface area contributed by atoms with Crippen LogP contribution >= 0.6 is 35.3 Å². The van der Waals surface area contributed by atoms with Crippen molar-refractivity contribution in [2.75, 3.05) is 11.5 Å². The summed E-state index contributed by atoms with van der Waals surface area (Å²) in [7, 11) is 0. The fraction of sp³-hybridized carbons (Fsp3) is 0.800. The lowest BCUT2D eigenvalue weighted by atomic mass is 10.4. The Hall–Kier alpha value is 0.390. The van der Waals surface area contributed by atoms with Gasteiger partial charge in [-0.25, -0.2) is 0 Å². The van der Waals surface area contributed by atoms with Gasteiger partial charge >= 0.3 is 0 Å². The van der Waals surface area contributed by atoms with Crippen molar-refractivity contribution in [1.82, 2.24) is 0 Å². The molecule has 15 heavy (non-hydrogen) atoms. The molecule has 0 bridgehead atoms. The standard InChI is InChI=1S/C10H18O2S3/c1-3-5-7-13-9(11)15-10(12)14-8-6-4-2/h3-8H2,1-2H3. The number of rotatable bonds is 6. The highest BCUT2D eigenvalue weighted by molar-refractivity contribution is 8.53. The maximum absolute atomic E-state index is 11.3. The molecule has 0 unspecified atom stereocenters. The first-order valence-electron chi connectivity index (χ1n) is 5.22. The van der Waals surface area contributed by atoms with Crippen LogP contribution in [-0.2, 0) is 0 Å². The number of hydrogen-bond acceptors (Lipinski definition) is 5. The van der Waals surface area contributed by atoms with Crippen LogP contribution in [0, 0.1) is 0 Å². The molecular formula is C10H18O2S3. The third kappa shape index (κ3) is 10.7. The topological polar surface area (TPSA) is 34.1 Å². The van der Waals surface area contributed by atoms with Crippen LogP contribution in [0.25, 0.3) is 0 Å². The molecule has 0 atom stereocenters. The Morgan fingerprint density at radius 1 is 0.867 bits per heavy atom. The fourth-order valence-electron chi connectivity index (χ4n) is 0.727. The van der Waals surface area contributed by atoms with Crippen LogP contribution in [0.15, 0.2) is 0 Å². The SMILES string of the molecule is CCCCSC(=O)SC(=O)SCCCC. The van der Waals surface area contributed by atoms with Crippen LogP contribution in [0.2, 0.25) is 0 Å². The second-order valence-electron chi connectivity index (χ2n) is 3.01. The molecule has 0 spiro atoms. The third-order valence-corrected chi connectivity index (χ3v) is 4.60. The summed E-state index contributed by atoms with van der Waals surface area (Å²) < 4.78 is -0.116. The second kappa shape index (κ2) is 10.9. The van der Waals surface area contributed by atoms with Crippen LogP contribution in [-0.4, -0.2) is 20.4 Å². The van der Waals surface area contributed by atoms with E-state index >= 15 is 0 Å². The Balaban J connectivity index is 3.45. The second-order valence-corrected chi connectivity index (χ2v) is 6.60. The first kappa shape index (κ1) is 15.4. The van der Waals surface area contributed by atoms with Crippen LogP contribution < -0.4 is 0 Å². The minimum Gasteiger partial charge on any atom is -0.274 e. The summed E-state index contributed by atoms with van der Waals surface area (Å²) in [5.74, 6) is 1.66. The molecule has 0 heterocycles. The molecule has 5 heteroatoms. The highest BCUT2D eigenvalue weighted by Crippen LogP contribution is 2.25. The first-order chi connectivity index (χ1) is 7.20. The Bertz CT molecular complexity index is 175. The van der Waals surface area contributed by atoms with Gasteiger partial charge in [-0.05, 0) is 12.8 Å². The van der Waals surface area contributed by atoms with Gasteiger partial charge < -0.3 is 0 Å². The molecule has 0 amide bonds. The smallest absolute Gasteiger partial charge is 0.254 e. The van der Waals surface area contributed by atoms with E-state index in [1.807, 2.05) is 0 Å². The summed E-state index contributed by atoms with van der Waals surface area (Å²) in [6, 6.07) is 0. The molecule has 2 nitrogen and oxygen atoms in total. The van der Waals surface area contributed by atoms with Gasteiger partial charge in [0.2, 0.25) is 0 Å². The Morgan fingerprint density at radius 2 is 1.27 bits per heavy atom. The quantitative estimate of drug-likeness (QED) is 0.630. The Morgan fingerprint density at radius 3 is 1.60 bits per heavy atom. The average Bonchev–Trinajstić information content (AvgIpc) is 2.18. The normalized spacial score (nSPS) is 10.3. The number of carbonyl (C=O) groups excluding carboxylic acids is 2. The molecule has 0 N–H and O–H groups in total. The van der Waals surface area contributed by atoms with Gasteiger partial charge in [-0.15, -0.1) is 0 Å². The van der Waals surface area contributed by atoms with Crippen molar-refractivity contribution < 1.29 is 9.59 Å². The molecular weight excluding hydrogens is 248 g/mol. The van der Waals surface area contributed by atoms with Crippen molar-refractivity contribution in [2.45, 2.75) is 39.5 Å². The lowest BCUT2D eigenvalue weighted by molar-refractivity contribution is 0.274. The molecule has 0 aromatic rings. The lowest BCUT2D eigenvalue weighted by Gasteiger charge is -1.98. The van der Waals surface area contributed by atoms with Gasteiger partial charge in [-0.1, -0.05) is 50.2 Å². The zero-order chi connectivity index (χ0) is 11.5. The predicted octanol–water partition coefficient (Wildman–Crippen LogP) is 5.03. The van der Waals surface area contributed by atoms with E-state index in [1.165, 1.54) is 23.5 Å². The van der Waals surface area contributed by atoms with Crippen molar-refractivity contribution in [3.8, 4) is 0 Å². The molecule has 0 radical (unpaired) electrons. The van der Waals surface area contributed by atoms with E-state index < -0.39 is 0 Å². The van der Waals surface area contributed by atoms with E-state index in [1.54, 1.807) is 0 Å². The number of thioether (sulfide) groups is 3. The number of hydrogen-bond donors (Lipinski definition) is 0. The van der Waals surface area contributed by atoms with Crippen molar-refractivity contribution >= 4 is 44.2 Å². The van der Waals surface area contributed by atoms with Crippen molar-refractivity contribution in [3.63, 3.8) is 0 Å². The minimum absolute atomic E-state index is 0.0579. The zero-order valence-corrected chi connectivity index (χ0v) is 11.7. The minimum atomic E-state index is -0.0579. The van der Waals surface area contributed by atoms with Crippen molar-refractivity contribution in [1.29, 1.82) is 0 Å². The van der Waals surface area contributed by atoms with E-state index in [0.29, 0.717) is 0 Å². The van der Waals surface area contributed by atoms with Crippen LogP contribution in [0.3, 0.4) is 0 Å². The molecule has 0 aromatic heterocycles. The highest BCUT2D eigenvalue weighted by atomic mass is 32.2. The molecule has 0 aliphatic heterocycles.